The maximum absolute atomic E-state index is 13.1. The Bertz CT molecular complexity index is 1470. The van der Waals surface area contributed by atoms with E-state index in [-0.39, 0.29) is 25.2 Å². The second-order valence-corrected chi connectivity index (χ2v) is 9.52. The molecule has 0 radical (unpaired) electrons. The molecule has 1 aromatic carbocycles. The van der Waals surface area contributed by atoms with E-state index in [9.17, 15) is 9.59 Å². The monoisotopic (exact) mass is 534 g/mol. The van der Waals surface area contributed by atoms with E-state index in [0.29, 0.717) is 35.0 Å². The number of pyridine rings is 2. The zero-order valence-electron chi connectivity index (χ0n) is 20.6. The molecule has 4 aromatic rings. The number of aromatic nitrogens is 4. The van der Waals surface area contributed by atoms with E-state index < -0.39 is 6.09 Å². The van der Waals surface area contributed by atoms with Gasteiger partial charge in [0.05, 0.1) is 35.6 Å². The van der Waals surface area contributed by atoms with Crippen molar-refractivity contribution in [1.82, 2.24) is 30.4 Å². The summed E-state index contributed by atoms with van der Waals surface area (Å²) in [4.78, 5) is 32.5. The molecule has 1 unspecified atom stereocenters. The normalized spacial score (nSPS) is 15.3. The molecule has 4 heterocycles. The number of carboxylic acid groups (broad SMARTS) is 1. The first-order valence-corrected chi connectivity index (χ1v) is 12.8. The summed E-state index contributed by atoms with van der Waals surface area (Å²) < 4.78 is 7.83. The van der Waals surface area contributed by atoms with Crippen LogP contribution in [0.5, 0.6) is 0 Å². The highest BCUT2D eigenvalue weighted by Gasteiger charge is 2.21. The van der Waals surface area contributed by atoms with E-state index in [1.165, 1.54) is 6.20 Å². The van der Waals surface area contributed by atoms with Gasteiger partial charge in [-0.25, -0.2) is 9.48 Å². The molecule has 10 nitrogen and oxygen atoms in total. The first-order valence-electron chi connectivity index (χ1n) is 12.4. The fraction of sp³-hybridized carbons (Fsp3) is 0.296. The number of amides is 2. The number of rotatable bonds is 8. The Morgan fingerprint density at radius 2 is 1.97 bits per heavy atom. The molecule has 1 aliphatic rings. The zero-order valence-corrected chi connectivity index (χ0v) is 21.3. The smallest absolute Gasteiger partial charge is 0.404 e. The van der Waals surface area contributed by atoms with Gasteiger partial charge in [0, 0.05) is 42.0 Å². The summed E-state index contributed by atoms with van der Waals surface area (Å²) in [5.41, 5.74) is 4.30. The van der Waals surface area contributed by atoms with Crippen molar-refractivity contribution in [2.75, 3.05) is 6.61 Å². The second-order valence-electron chi connectivity index (χ2n) is 9.08. The second kappa shape index (κ2) is 11.6. The highest BCUT2D eigenvalue weighted by molar-refractivity contribution is 6.31. The summed E-state index contributed by atoms with van der Waals surface area (Å²) in [6, 6.07) is 11.1. The number of carbonyl (C=O) groups is 2. The molecule has 0 aliphatic carbocycles. The topological polar surface area (TPSA) is 131 Å². The van der Waals surface area contributed by atoms with Crippen LogP contribution in [-0.4, -0.2) is 43.5 Å². The van der Waals surface area contributed by atoms with Gasteiger partial charge in [0.1, 0.15) is 0 Å². The molecule has 2 amide bonds. The van der Waals surface area contributed by atoms with Gasteiger partial charge < -0.3 is 20.5 Å². The van der Waals surface area contributed by atoms with Crippen molar-refractivity contribution in [2.24, 2.45) is 0 Å². The highest BCUT2D eigenvalue weighted by Crippen LogP contribution is 2.29. The molecule has 0 saturated carbocycles. The maximum atomic E-state index is 13.1. The summed E-state index contributed by atoms with van der Waals surface area (Å²) in [6.45, 7) is 1.01. The van der Waals surface area contributed by atoms with Crippen LogP contribution in [0.4, 0.5) is 4.79 Å². The predicted octanol–water partition coefficient (Wildman–Crippen LogP) is 4.47. The molecule has 3 N–H and O–H groups in total. The lowest BCUT2D eigenvalue weighted by Gasteiger charge is -2.23. The third-order valence-corrected chi connectivity index (χ3v) is 6.67. The number of ether oxygens (including phenoxy) is 1. The molecule has 1 fully saturated rings. The van der Waals surface area contributed by atoms with E-state index >= 15 is 0 Å². The van der Waals surface area contributed by atoms with E-state index in [0.717, 1.165) is 41.3 Å². The van der Waals surface area contributed by atoms with Gasteiger partial charge in [-0.1, -0.05) is 17.7 Å². The highest BCUT2D eigenvalue weighted by atomic mass is 35.5. The van der Waals surface area contributed by atoms with E-state index in [4.69, 9.17) is 26.5 Å². The number of nitrogens with one attached hydrogen (secondary N) is 2. The lowest BCUT2D eigenvalue weighted by Crippen LogP contribution is -2.24. The van der Waals surface area contributed by atoms with Crippen LogP contribution in [0, 0.1) is 0 Å². The van der Waals surface area contributed by atoms with Gasteiger partial charge in [-0.05, 0) is 60.7 Å². The molecule has 0 bridgehead atoms. The van der Waals surface area contributed by atoms with Crippen molar-refractivity contribution in [1.29, 1.82) is 0 Å². The predicted molar refractivity (Wildman–Crippen MR) is 141 cm³/mol. The Hall–Kier alpha value is -4.02. The number of nitrogens with zero attached hydrogens (tertiary/aromatic N) is 4. The molecule has 1 saturated heterocycles. The Morgan fingerprint density at radius 1 is 1.11 bits per heavy atom. The van der Waals surface area contributed by atoms with Gasteiger partial charge in [-0.15, -0.1) is 0 Å². The van der Waals surface area contributed by atoms with Crippen LogP contribution in [0.3, 0.4) is 0 Å². The van der Waals surface area contributed by atoms with Crippen LogP contribution in [0.25, 0.3) is 10.9 Å². The van der Waals surface area contributed by atoms with Crippen LogP contribution in [0.1, 0.15) is 58.4 Å². The molecule has 11 heteroatoms. The lowest BCUT2D eigenvalue weighted by atomic mass is 10.0. The quantitative estimate of drug-likeness (QED) is 0.304. The third kappa shape index (κ3) is 5.92. The minimum Gasteiger partial charge on any atom is -0.465 e. The molecule has 1 aliphatic heterocycles. The summed E-state index contributed by atoms with van der Waals surface area (Å²) in [6.07, 6.45) is 7.00. The fourth-order valence-corrected chi connectivity index (χ4v) is 4.76. The zero-order chi connectivity index (χ0) is 26.5. The van der Waals surface area contributed by atoms with Gasteiger partial charge in [0.25, 0.3) is 5.91 Å². The van der Waals surface area contributed by atoms with Crippen LogP contribution in [0.15, 0.2) is 55.0 Å². The Labute approximate surface area is 224 Å². The lowest BCUT2D eigenvalue weighted by molar-refractivity contribution is -0.0369. The van der Waals surface area contributed by atoms with Crippen molar-refractivity contribution in [2.45, 2.75) is 45.0 Å². The molecule has 3 aromatic heterocycles. The Morgan fingerprint density at radius 3 is 2.79 bits per heavy atom. The summed E-state index contributed by atoms with van der Waals surface area (Å²) in [5.74, 6) is -0.281. The standard InChI is InChI=1S/C27H27ClN6O4/c28-20-6-7-24-21(12-20)23(33-34(24)25-5-1-2-9-38-25)16-31-26(35)19-11-17(13-29-14-19)10-18-4-3-8-30-22(18)15-32-27(36)37/h3-4,6-8,11-14,25,32H,1-2,5,9-10,15-16H2,(H,31,35)(H,36,37). The minimum atomic E-state index is -1.12. The van der Waals surface area contributed by atoms with Gasteiger partial charge in [0.15, 0.2) is 6.23 Å². The molecule has 1 atom stereocenters. The maximum Gasteiger partial charge on any atom is 0.404 e. The largest absolute Gasteiger partial charge is 0.465 e. The summed E-state index contributed by atoms with van der Waals surface area (Å²) in [5, 5.41) is 20.5. The summed E-state index contributed by atoms with van der Waals surface area (Å²) >= 11 is 6.27. The Kier molecular flexibility index (Phi) is 7.81. The van der Waals surface area contributed by atoms with Crippen LogP contribution >= 0.6 is 11.6 Å². The van der Waals surface area contributed by atoms with Gasteiger partial charge >= 0.3 is 6.09 Å². The Balaban J connectivity index is 1.31. The van der Waals surface area contributed by atoms with Crippen molar-refractivity contribution >= 4 is 34.5 Å². The molecule has 0 spiro atoms. The molecule has 5 rings (SSSR count). The molecular formula is C27H27ClN6O4. The number of halogens is 1. The fourth-order valence-electron chi connectivity index (χ4n) is 4.59. The molecule has 38 heavy (non-hydrogen) atoms. The minimum absolute atomic E-state index is 0.0929. The SMILES string of the molecule is O=C(O)NCc1ncccc1Cc1cncc(C(=O)NCc2nn(C3CCCCO3)c3ccc(Cl)cc23)c1. The van der Waals surface area contributed by atoms with Gasteiger partial charge in [-0.2, -0.15) is 5.10 Å². The van der Waals surface area contributed by atoms with Gasteiger partial charge in [-0.3, -0.25) is 14.8 Å². The van der Waals surface area contributed by atoms with Crippen LogP contribution in [-0.2, 0) is 24.2 Å². The van der Waals surface area contributed by atoms with Crippen molar-refractivity contribution in [3.05, 3.63) is 88.1 Å². The first kappa shape index (κ1) is 25.6. The number of fused-ring (bicyclic) bond motifs is 1. The third-order valence-electron chi connectivity index (χ3n) is 6.43. The van der Waals surface area contributed by atoms with E-state index in [1.807, 2.05) is 28.9 Å². The van der Waals surface area contributed by atoms with Crippen molar-refractivity contribution < 1.29 is 19.4 Å². The average Bonchev–Trinajstić information content (AvgIpc) is 3.29. The van der Waals surface area contributed by atoms with Crippen molar-refractivity contribution in [3.63, 3.8) is 0 Å². The number of carbonyl (C=O) groups excluding carboxylic acids is 1. The van der Waals surface area contributed by atoms with Crippen LogP contribution < -0.4 is 10.6 Å². The average molecular weight is 535 g/mol. The van der Waals surface area contributed by atoms with E-state index in [1.54, 1.807) is 24.5 Å². The molecule has 196 valence electrons. The summed E-state index contributed by atoms with van der Waals surface area (Å²) in [7, 11) is 0. The molecular weight excluding hydrogens is 508 g/mol. The number of benzene rings is 1. The number of hydrogen-bond acceptors (Lipinski definition) is 6. The van der Waals surface area contributed by atoms with Crippen LogP contribution in [0.2, 0.25) is 5.02 Å². The van der Waals surface area contributed by atoms with Crippen molar-refractivity contribution in [3.8, 4) is 0 Å². The first-order chi connectivity index (χ1) is 18.5. The van der Waals surface area contributed by atoms with E-state index in [2.05, 4.69) is 20.6 Å². The van der Waals surface area contributed by atoms with Gasteiger partial charge in [0.2, 0.25) is 0 Å². The number of hydrogen-bond donors (Lipinski definition) is 3.